The number of aliphatic hydroxyl groups is 1. The number of aromatic nitrogens is 1. The van der Waals surface area contributed by atoms with Crippen molar-refractivity contribution in [3.8, 4) is 0 Å². The highest BCUT2D eigenvalue weighted by Gasteiger charge is 2.35. The van der Waals surface area contributed by atoms with Crippen LogP contribution in [0.3, 0.4) is 0 Å². The van der Waals surface area contributed by atoms with Gasteiger partial charge in [-0.2, -0.15) is 0 Å². The SMILES string of the molecule is Cc1cc(CC2CN(C(=O)c3ccc(F)cc3F)CC2O)on1. The molecule has 1 aromatic carbocycles. The van der Waals surface area contributed by atoms with Gasteiger partial charge in [0.15, 0.2) is 0 Å². The summed E-state index contributed by atoms with van der Waals surface area (Å²) < 4.78 is 31.8. The molecule has 1 saturated heterocycles. The van der Waals surface area contributed by atoms with Crippen LogP contribution in [0.15, 0.2) is 28.8 Å². The number of aliphatic hydroxyl groups excluding tert-OH is 1. The van der Waals surface area contributed by atoms with Crippen molar-refractivity contribution in [2.24, 2.45) is 5.92 Å². The van der Waals surface area contributed by atoms with Gasteiger partial charge in [-0.15, -0.1) is 0 Å². The number of aryl methyl sites for hydroxylation is 1. The van der Waals surface area contributed by atoms with E-state index in [1.807, 2.05) is 0 Å². The average molecular weight is 322 g/mol. The van der Waals surface area contributed by atoms with Crippen LogP contribution >= 0.6 is 0 Å². The fourth-order valence-corrected chi connectivity index (χ4v) is 2.82. The van der Waals surface area contributed by atoms with E-state index < -0.39 is 23.6 Å². The van der Waals surface area contributed by atoms with Crippen LogP contribution in [0.2, 0.25) is 0 Å². The number of amides is 1. The smallest absolute Gasteiger partial charge is 0.256 e. The van der Waals surface area contributed by atoms with E-state index in [1.165, 1.54) is 4.90 Å². The highest BCUT2D eigenvalue weighted by atomic mass is 19.1. The Labute approximate surface area is 131 Å². The van der Waals surface area contributed by atoms with Crippen LogP contribution in [0.5, 0.6) is 0 Å². The van der Waals surface area contributed by atoms with E-state index in [-0.39, 0.29) is 24.6 Å². The number of benzene rings is 1. The standard InChI is InChI=1S/C16H16F2N2O3/c1-9-4-12(23-19-9)5-10-7-20(8-15(10)21)16(22)13-3-2-11(17)6-14(13)18/h2-4,6,10,15,21H,5,7-8H2,1H3. The molecule has 2 heterocycles. The molecular weight excluding hydrogens is 306 g/mol. The molecule has 1 aromatic heterocycles. The maximum absolute atomic E-state index is 13.7. The number of rotatable bonds is 3. The number of nitrogens with zero attached hydrogens (tertiary/aromatic N) is 2. The van der Waals surface area contributed by atoms with Gasteiger partial charge in [0.1, 0.15) is 17.4 Å². The van der Waals surface area contributed by atoms with Crippen molar-refractivity contribution in [2.75, 3.05) is 13.1 Å². The molecule has 1 amide bonds. The molecule has 0 saturated carbocycles. The summed E-state index contributed by atoms with van der Waals surface area (Å²) in [5.74, 6) is -1.78. The summed E-state index contributed by atoms with van der Waals surface area (Å²) >= 11 is 0. The second-order valence-electron chi connectivity index (χ2n) is 5.80. The lowest BCUT2D eigenvalue weighted by atomic mass is 10.0. The van der Waals surface area contributed by atoms with Gasteiger partial charge >= 0.3 is 0 Å². The van der Waals surface area contributed by atoms with Crippen LogP contribution in [0, 0.1) is 24.5 Å². The molecule has 23 heavy (non-hydrogen) atoms. The zero-order valence-corrected chi connectivity index (χ0v) is 12.5. The highest BCUT2D eigenvalue weighted by Crippen LogP contribution is 2.24. The fourth-order valence-electron chi connectivity index (χ4n) is 2.82. The van der Waals surface area contributed by atoms with E-state index in [9.17, 15) is 18.7 Å². The van der Waals surface area contributed by atoms with E-state index in [4.69, 9.17) is 4.52 Å². The Morgan fingerprint density at radius 3 is 2.83 bits per heavy atom. The Bertz CT molecular complexity index is 732. The van der Waals surface area contributed by atoms with Gasteiger partial charge in [-0.1, -0.05) is 5.16 Å². The maximum atomic E-state index is 13.7. The third kappa shape index (κ3) is 3.24. The van der Waals surface area contributed by atoms with Gasteiger partial charge in [-0.05, 0) is 19.1 Å². The molecule has 0 spiro atoms. The van der Waals surface area contributed by atoms with Crippen LogP contribution in [-0.2, 0) is 6.42 Å². The van der Waals surface area contributed by atoms with Gasteiger partial charge in [-0.3, -0.25) is 4.79 Å². The molecule has 5 nitrogen and oxygen atoms in total. The monoisotopic (exact) mass is 322 g/mol. The van der Waals surface area contributed by atoms with Gasteiger partial charge in [0.25, 0.3) is 5.91 Å². The number of carbonyl (C=O) groups excluding carboxylic acids is 1. The van der Waals surface area contributed by atoms with Crippen molar-refractivity contribution in [2.45, 2.75) is 19.4 Å². The van der Waals surface area contributed by atoms with Crippen molar-refractivity contribution in [1.29, 1.82) is 0 Å². The van der Waals surface area contributed by atoms with E-state index in [1.54, 1.807) is 13.0 Å². The van der Waals surface area contributed by atoms with E-state index in [0.717, 1.165) is 17.8 Å². The van der Waals surface area contributed by atoms with Gasteiger partial charge in [0, 0.05) is 37.6 Å². The maximum Gasteiger partial charge on any atom is 0.256 e. The molecule has 1 N–H and O–H groups in total. The largest absolute Gasteiger partial charge is 0.391 e. The van der Waals surface area contributed by atoms with Gasteiger partial charge < -0.3 is 14.5 Å². The third-order valence-electron chi connectivity index (χ3n) is 4.00. The Hall–Kier alpha value is -2.28. The molecule has 3 rings (SSSR count). The molecule has 0 aliphatic carbocycles. The normalized spacial score (nSPS) is 21.0. The van der Waals surface area contributed by atoms with Crippen LogP contribution in [0.4, 0.5) is 8.78 Å². The van der Waals surface area contributed by atoms with Crippen LogP contribution in [0.1, 0.15) is 21.8 Å². The second-order valence-corrected chi connectivity index (χ2v) is 5.80. The number of hydrogen-bond donors (Lipinski definition) is 1. The van der Waals surface area contributed by atoms with Crippen molar-refractivity contribution < 1.29 is 23.2 Å². The number of likely N-dealkylation sites (tertiary alicyclic amines) is 1. The lowest BCUT2D eigenvalue weighted by Gasteiger charge is -2.16. The molecule has 0 radical (unpaired) electrons. The van der Waals surface area contributed by atoms with Gasteiger partial charge in [-0.25, -0.2) is 8.78 Å². The lowest BCUT2D eigenvalue weighted by molar-refractivity contribution is 0.0760. The highest BCUT2D eigenvalue weighted by molar-refractivity contribution is 5.94. The number of carbonyl (C=O) groups is 1. The first-order valence-corrected chi connectivity index (χ1v) is 7.28. The minimum absolute atomic E-state index is 0.105. The van der Waals surface area contributed by atoms with Crippen LogP contribution in [-0.4, -0.2) is 40.3 Å². The first-order valence-electron chi connectivity index (χ1n) is 7.28. The summed E-state index contributed by atoms with van der Waals surface area (Å²) in [7, 11) is 0. The summed E-state index contributed by atoms with van der Waals surface area (Å²) in [6.07, 6.45) is -0.287. The summed E-state index contributed by atoms with van der Waals surface area (Å²) in [6.45, 7) is 2.18. The quantitative estimate of drug-likeness (QED) is 0.938. The molecule has 0 bridgehead atoms. The summed E-state index contributed by atoms with van der Waals surface area (Å²) in [5, 5.41) is 13.9. The first kappa shape index (κ1) is 15.6. The topological polar surface area (TPSA) is 66.6 Å². The number of halogens is 2. The van der Waals surface area contributed by atoms with E-state index in [0.29, 0.717) is 18.2 Å². The molecule has 1 aliphatic heterocycles. The fraction of sp³-hybridized carbons (Fsp3) is 0.375. The predicted molar refractivity (Wildman–Crippen MR) is 76.7 cm³/mol. The Kier molecular flexibility index (Phi) is 4.12. The molecule has 2 unspecified atom stereocenters. The van der Waals surface area contributed by atoms with Crippen molar-refractivity contribution in [3.63, 3.8) is 0 Å². The lowest BCUT2D eigenvalue weighted by Crippen LogP contribution is -2.30. The van der Waals surface area contributed by atoms with Crippen molar-refractivity contribution in [1.82, 2.24) is 10.1 Å². The zero-order chi connectivity index (χ0) is 16.6. The van der Waals surface area contributed by atoms with Crippen LogP contribution in [0.25, 0.3) is 0 Å². The summed E-state index contributed by atoms with van der Waals surface area (Å²) in [4.78, 5) is 13.7. The third-order valence-corrected chi connectivity index (χ3v) is 4.00. The summed E-state index contributed by atoms with van der Waals surface area (Å²) in [5.41, 5.74) is 0.545. The predicted octanol–water partition coefficient (Wildman–Crippen LogP) is 1.94. The molecule has 2 atom stereocenters. The van der Waals surface area contributed by atoms with Gasteiger partial charge in [0.05, 0.1) is 17.4 Å². The first-order chi connectivity index (χ1) is 10.9. The Morgan fingerprint density at radius 1 is 1.39 bits per heavy atom. The average Bonchev–Trinajstić information content (AvgIpc) is 3.05. The Morgan fingerprint density at radius 2 is 2.17 bits per heavy atom. The van der Waals surface area contributed by atoms with E-state index >= 15 is 0 Å². The number of β-amino-alcohol motifs (C(OH)–C–C–N with tert-alkyl or cyclic N) is 1. The molecule has 1 aliphatic rings. The summed E-state index contributed by atoms with van der Waals surface area (Å²) in [6, 6.07) is 4.61. The molecule has 2 aromatic rings. The number of hydrogen-bond acceptors (Lipinski definition) is 4. The minimum atomic E-state index is -0.904. The van der Waals surface area contributed by atoms with Crippen molar-refractivity contribution in [3.05, 3.63) is 52.9 Å². The Balaban J connectivity index is 1.71. The second kappa shape index (κ2) is 6.08. The molecule has 7 heteroatoms. The molecule has 122 valence electrons. The minimum Gasteiger partial charge on any atom is -0.391 e. The van der Waals surface area contributed by atoms with Crippen LogP contribution < -0.4 is 0 Å². The zero-order valence-electron chi connectivity index (χ0n) is 12.5. The van der Waals surface area contributed by atoms with E-state index in [2.05, 4.69) is 5.16 Å². The molecular formula is C16H16F2N2O3. The van der Waals surface area contributed by atoms with Crippen molar-refractivity contribution >= 4 is 5.91 Å². The van der Waals surface area contributed by atoms with Gasteiger partial charge in [0.2, 0.25) is 0 Å². The molecule has 1 fully saturated rings.